The highest BCUT2D eigenvalue weighted by Gasteiger charge is 2.72. The quantitative estimate of drug-likeness (QED) is 0.590. The Morgan fingerprint density at radius 1 is 1.19 bits per heavy atom. The lowest BCUT2D eigenvalue weighted by Crippen LogP contribution is -2.53. The molecule has 0 N–H and O–H groups in total. The predicted octanol–water partition coefficient (Wildman–Crippen LogP) is 2.95. The van der Waals surface area contributed by atoms with Crippen molar-refractivity contribution in [2.24, 2.45) is 16.7 Å². The van der Waals surface area contributed by atoms with E-state index in [1.165, 1.54) is 19.3 Å². The van der Waals surface area contributed by atoms with Crippen molar-refractivity contribution >= 4 is 5.78 Å². The number of ketones is 1. The summed E-state index contributed by atoms with van der Waals surface area (Å²) in [7, 11) is 0. The van der Waals surface area contributed by atoms with Crippen LogP contribution in [0.2, 0.25) is 0 Å². The van der Waals surface area contributed by atoms with Gasteiger partial charge < -0.3 is 4.74 Å². The minimum absolute atomic E-state index is 0.200. The van der Waals surface area contributed by atoms with E-state index in [9.17, 15) is 4.79 Å². The van der Waals surface area contributed by atoms with Crippen molar-refractivity contribution in [3.8, 4) is 0 Å². The monoisotopic (exact) mass is 222 g/mol. The zero-order valence-corrected chi connectivity index (χ0v) is 10.8. The fourth-order valence-corrected chi connectivity index (χ4v) is 4.56. The maximum atomic E-state index is 12.1. The van der Waals surface area contributed by atoms with E-state index < -0.39 is 5.60 Å². The lowest BCUT2D eigenvalue weighted by Gasteiger charge is -2.52. The summed E-state index contributed by atoms with van der Waals surface area (Å²) in [6.07, 6.45) is 4.70. The van der Waals surface area contributed by atoms with Gasteiger partial charge in [0.15, 0.2) is 11.4 Å². The van der Waals surface area contributed by atoms with Crippen LogP contribution < -0.4 is 0 Å². The van der Waals surface area contributed by atoms with Crippen molar-refractivity contribution in [3.63, 3.8) is 0 Å². The van der Waals surface area contributed by atoms with Gasteiger partial charge >= 0.3 is 0 Å². The molecule has 1 aliphatic heterocycles. The van der Waals surface area contributed by atoms with Crippen LogP contribution in [0.4, 0.5) is 0 Å². The van der Waals surface area contributed by atoms with Crippen LogP contribution in [0.25, 0.3) is 0 Å². The largest absolute Gasteiger partial charge is 0.357 e. The SMILES string of the molecule is CC1(C)CCC[C@]2(C)[C@H]3O[C@@]3(C)C(=O)C[C@@H]12. The topological polar surface area (TPSA) is 29.6 Å². The van der Waals surface area contributed by atoms with Gasteiger partial charge in [0, 0.05) is 11.8 Å². The van der Waals surface area contributed by atoms with Gasteiger partial charge in [-0.15, -0.1) is 0 Å². The molecule has 4 atom stereocenters. The number of rotatable bonds is 0. The average molecular weight is 222 g/mol. The van der Waals surface area contributed by atoms with Crippen molar-refractivity contribution in [2.45, 2.75) is 65.1 Å². The third-order valence-electron chi connectivity index (χ3n) is 5.62. The fourth-order valence-electron chi connectivity index (χ4n) is 4.56. The first-order valence-corrected chi connectivity index (χ1v) is 6.52. The van der Waals surface area contributed by atoms with Crippen molar-refractivity contribution in [3.05, 3.63) is 0 Å². The number of epoxide rings is 1. The Kier molecular flexibility index (Phi) is 1.83. The molecule has 0 aromatic rings. The third-order valence-corrected chi connectivity index (χ3v) is 5.62. The summed E-state index contributed by atoms with van der Waals surface area (Å²) in [5.41, 5.74) is 0.124. The van der Waals surface area contributed by atoms with Gasteiger partial charge in [-0.1, -0.05) is 27.2 Å². The zero-order chi connectivity index (χ0) is 11.8. The van der Waals surface area contributed by atoms with Gasteiger partial charge in [0.2, 0.25) is 0 Å². The number of hydrogen-bond donors (Lipinski definition) is 0. The van der Waals surface area contributed by atoms with Crippen LogP contribution in [0.1, 0.15) is 53.4 Å². The molecule has 16 heavy (non-hydrogen) atoms. The molecule has 90 valence electrons. The Morgan fingerprint density at radius 2 is 1.88 bits per heavy atom. The molecule has 0 aromatic carbocycles. The minimum atomic E-state index is -0.418. The first-order valence-electron chi connectivity index (χ1n) is 6.52. The number of carbonyl (C=O) groups is 1. The van der Waals surface area contributed by atoms with Crippen LogP contribution in [0, 0.1) is 16.7 Å². The van der Waals surface area contributed by atoms with E-state index in [0.29, 0.717) is 17.1 Å². The third kappa shape index (κ3) is 1.09. The Hall–Kier alpha value is -0.370. The molecule has 0 bridgehead atoms. The van der Waals surface area contributed by atoms with E-state index in [0.717, 1.165) is 6.42 Å². The van der Waals surface area contributed by atoms with E-state index in [-0.39, 0.29) is 11.5 Å². The zero-order valence-electron chi connectivity index (χ0n) is 10.8. The maximum absolute atomic E-state index is 12.1. The Balaban J connectivity index is 2.00. The Bertz CT molecular complexity index is 360. The summed E-state index contributed by atoms with van der Waals surface area (Å²) in [5.74, 6) is 0.858. The highest BCUT2D eigenvalue weighted by molar-refractivity contribution is 5.92. The molecule has 0 amide bonds. The molecule has 2 aliphatic carbocycles. The van der Waals surface area contributed by atoms with E-state index in [2.05, 4.69) is 20.8 Å². The molecule has 1 heterocycles. The fraction of sp³-hybridized carbons (Fsp3) is 0.929. The van der Waals surface area contributed by atoms with E-state index in [4.69, 9.17) is 4.74 Å². The molecule has 2 heteroatoms. The van der Waals surface area contributed by atoms with Gasteiger partial charge in [0.25, 0.3) is 0 Å². The van der Waals surface area contributed by atoms with Crippen LogP contribution in [0.3, 0.4) is 0 Å². The molecule has 0 spiro atoms. The van der Waals surface area contributed by atoms with Crippen molar-refractivity contribution in [1.29, 1.82) is 0 Å². The van der Waals surface area contributed by atoms with Crippen molar-refractivity contribution in [2.75, 3.05) is 0 Å². The summed E-state index contributed by atoms with van der Waals surface area (Å²) in [6.45, 7) is 8.99. The van der Waals surface area contributed by atoms with Crippen LogP contribution >= 0.6 is 0 Å². The first kappa shape index (κ1) is 10.8. The minimum Gasteiger partial charge on any atom is -0.357 e. The van der Waals surface area contributed by atoms with Gasteiger partial charge in [0.1, 0.15) is 6.10 Å². The highest BCUT2D eigenvalue weighted by atomic mass is 16.6. The Labute approximate surface area is 97.7 Å². The van der Waals surface area contributed by atoms with Crippen molar-refractivity contribution in [1.82, 2.24) is 0 Å². The molecule has 3 fully saturated rings. The molecule has 2 saturated carbocycles. The number of ether oxygens (including phenoxy) is 1. The highest BCUT2D eigenvalue weighted by Crippen LogP contribution is 2.65. The van der Waals surface area contributed by atoms with Crippen LogP contribution in [-0.4, -0.2) is 17.5 Å². The van der Waals surface area contributed by atoms with E-state index in [1.54, 1.807) is 0 Å². The van der Waals surface area contributed by atoms with E-state index in [1.807, 2.05) is 6.92 Å². The van der Waals surface area contributed by atoms with Gasteiger partial charge in [-0.25, -0.2) is 0 Å². The van der Waals surface area contributed by atoms with Gasteiger partial charge in [0.05, 0.1) is 0 Å². The molecule has 3 aliphatic rings. The normalized spacial score (nSPS) is 54.1. The lowest BCUT2D eigenvalue weighted by molar-refractivity contribution is -0.131. The first-order chi connectivity index (χ1) is 7.31. The number of Topliss-reactive ketones (excluding diaryl/α,β-unsaturated/α-hetero) is 1. The molecular formula is C14H22O2. The van der Waals surface area contributed by atoms with E-state index >= 15 is 0 Å². The summed E-state index contributed by atoms with van der Waals surface area (Å²) in [6, 6.07) is 0. The number of carbonyl (C=O) groups excluding carboxylic acids is 1. The summed E-state index contributed by atoms with van der Waals surface area (Å²) >= 11 is 0. The molecule has 0 aromatic heterocycles. The van der Waals surface area contributed by atoms with Crippen LogP contribution in [0.5, 0.6) is 0 Å². The van der Waals surface area contributed by atoms with Gasteiger partial charge in [-0.05, 0) is 31.1 Å². The average Bonchev–Trinajstić information content (AvgIpc) is 2.86. The molecule has 2 nitrogen and oxygen atoms in total. The molecule has 0 radical (unpaired) electrons. The molecular weight excluding hydrogens is 200 g/mol. The second kappa shape index (κ2) is 2.72. The van der Waals surface area contributed by atoms with Gasteiger partial charge in [-0.3, -0.25) is 4.79 Å². The lowest BCUT2D eigenvalue weighted by atomic mass is 9.50. The maximum Gasteiger partial charge on any atom is 0.167 e. The number of hydrogen-bond acceptors (Lipinski definition) is 2. The predicted molar refractivity (Wildman–Crippen MR) is 62.1 cm³/mol. The molecule has 1 saturated heterocycles. The van der Waals surface area contributed by atoms with Crippen LogP contribution in [0.15, 0.2) is 0 Å². The molecule has 0 unspecified atom stereocenters. The Morgan fingerprint density at radius 3 is 2.56 bits per heavy atom. The smallest absolute Gasteiger partial charge is 0.167 e. The van der Waals surface area contributed by atoms with Crippen LogP contribution in [-0.2, 0) is 9.53 Å². The number of fused-ring (bicyclic) bond motifs is 3. The summed E-state index contributed by atoms with van der Waals surface area (Å²) in [4.78, 5) is 12.1. The second-order valence-electron chi connectivity index (χ2n) is 7.13. The molecule has 3 rings (SSSR count). The second-order valence-corrected chi connectivity index (χ2v) is 7.13. The van der Waals surface area contributed by atoms with Crippen molar-refractivity contribution < 1.29 is 9.53 Å². The summed E-state index contributed by atoms with van der Waals surface area (Å²) in [5, 5.41) is 0. The van der Waals surface area contributed by atoms with Gasteiger partial charge in [-0.2, -0.15) is 0 Å². The summed E-state index contributed by atoms with van der Waals surface area (Å²) < 4.78 is 5.79. The standard InChI is InChI=1S/C14H22O2/c1-12(2)6-5-7-13(3)9(12)8-10(15)14(4)11(13)16-14/h9,11H,5-8H2,1-4H3/t9-,11+,13-,14-/m0/s1.